The first-order valence-electron chi connectivity index (χ1n) is 8.95. The van der Waals surface area contributed by atoms with Crippen LogP contribution in [0.15, 0.2) is 18.6 Å². The molecular formula is C19H27N5O. The molecule has 1 amide bonds. The molecule has 2 aromatic rings. The van der Waals surface area contributed by atoms with Gasteiger partial charge in [0.05, 0.1) is 11.9 Å². The van der Waals surface area contributed by atoms with Crippen LogP contribution in [0.4, 0.5) is 0 Å². The molecule has 1 N–H and O–H groups in total. The summed E-state index contributed by atoms with van der Waals surface area (Å²) in [5.74, 6) is 1.42. The maximum Gasteiger partial charge on any atom is 0.227 e. The number of piperidine rings is 1. The number of rotatable bonds is 3. The number of hydrogen-bond acceptors (Lipinski definition) is 4. The molecule has 0 saturated carbocycles. The monoisotopic (exact) mass is 341 g/mol. The third kappa shape index (κ3) is 4.24. The Hall–Kier alpha value is -2.24. The van der Waals surface area contributed by atoms with Crippen LogP contribution in [0.2, 0.25) is 0 Å². The average molecular weight is 341 g/mol. The molecule has 0 aromatic carbocycles. The van der Waals surface area contributed by atoms with Crippen molar-refractivity contribution < 1.29 is 4.79 Å². The first kappa shape index (κ1) is 17.6. The van der Waals surface area contributed by atoms with Gasteiger partial charge in [-0.1, -0.05) is 20.8 Å². The molecular weight excluding hydrogens is 314 g/mol. The second kappa shape index (κ2) is 6.94. The maximum absolute atomic E-state index is 12.5. The lowest BCUT2D eigenvalue weighted by atomic mass is 9.89. The third-order valence-electron chi connectivity index (χ3n) is 4.58. The first-order chi connectivity index (χ1) is 11.8. The van der Waals surface area contributed by atoms with Crippen LogP contribution in [-0.2, 0) is 11.2 Å². The number of likely N-dealkylation sites (tertiary alicyclic amines) is 1. The van der Waals surface area contributed by atoms with Gasteiger partial charge in [0.25, 0.3) is 0 Å². The molecule has 1 aliphatic rings. The highest BCUT2D eigenvalue weighted by Crippen LogP contribution is 2.25. The minimum atomic E-state index is -0.321. The molecule has 1 atom stereocenters. The van der Waals surface area contributed by atoms with Crippen molar-refractivity contribution >= 4 is 5.91 Å². The van der Waals surface area contributed by atoms with E-state index in [0.29, 0.717) is 5.92 Å². The number of carbonyl (C=O) groups is 1. The number of aryl methyl sites for hydroxylation is 1. The molecule has 0 bridgehead atoms. The lowest BCUT2D eigenvalue weighted by molar-refractivity contribution is -0.141. The molecule has 0 radical (unpaired) electrons. The summed E-state index contributed by atoms with van der Waals surface area (Å²) in [6.45, 7) is 9.60. The van der Waals surface area contributed by atoms with Crippen molar-refractivity contribution in [2.75, 3.05) is 13.1 Å². The predicted molar refractivity (Wildman–Crippen MR) is 96.8 cm³/mol. The van der Waals surface area contributed by atoms with Crippen LogP contribution in [0.25, 0.3) is 11.5 Å². The maximum atomic E-state index is 12.5. The van der Waals surface area contributed by atoms with Crippen LogP contribution in [0.3, 0.4) is 0 Å². The van der Waals surface area contributed by atoms with Gasteiger partial charge in [-0.15, -0.1) is 0 Å². The number of aromatic amines is 1. The van der Waals surface area contributed by atoms with Gasteiger partial charge in [0.15, 0.2) is 5.82 Å². The lowest BCUT2D eigenvalue weighted by Crippen LogP contribution is -2.45. The number of carbonyl (C=O) groups excluding carboxylic acids is 1. The zero-order valence-corrected chi connectivity index (χ0v) is 15.5. The summed E-state index contributed by atoms with van der Waals surface area (Å²) < 4.78 is 0. The Labute approximate surface area is 149 Å². The number of nitrogens with one attached hydrogen (secondary N) is 1. The van der Waals surface area contributed by atoms with E-state index in [-0.39, 0.29) is 11.3 Å². The molecule has 1 fully saturated rings. The van der Waals surface area contributed by atoms with Gasteiger partial charge in [-0.25, -0.2) is 9.97 Å². The molecule has 0 spiro atoms. The lowest BCUT2D eigenvalue weighted by Gasteiger charge is -2.36. The fraction of sp³-hybridized carbons (Fsp3) is 0.579. The Bertz CT molecular complexity index is 746. The Kier molecular flexibility index (Phi) is 4.88. The zero-order chi connectivity index (χ0) is 18.0. The van der Waals surface area contributed by atoms with Gasteiger partial charge in [0.2, 0.25) is 5.91 Å². The van der Waals surface area contributed by atoms with Crippen LogP contribution in [-0.4, -0.2) is 43.8 Å². The number of H-pyrrole nitrogens is 1. The summed E-state index contributed by atoms with van der Waals surface area (Å²) in [4.78, 5) is 31.1. The van der Waals surface area contributed by atoms with E-state index in [2.05, 4.69) is 15.0 Å². The number of nitrogens with zero attached hydrogens (tertiary/aromatic N) is 4. The Balaban J connectivity index is 1.69. The van der Waals surface area contributed by atoms with Crippen molar-refractivity contribution in [2.24, 2.45) is 11.3 Å². The third-order valence-corrected chi connectivity index (χ3v) is 4.58. The molecule has 25 heavy (non-hydrogen) atoms. The molecule has 0 aliphatic carbocycles. The SMILES string of the molecule is Cc1cnc(-c2cncc(CC3CCCN(C(=O)C(C)(C)C)C3)n2)[nH]1. The van der Waals surface area contributed by atoms with Gasteiger partial charge in [-0.3, -0.25) is 9.78 Å². The fourth-order valence-electron chi connectivity index (χ4n) is 3.35. The molecule has 134 valence electrons. The van der Waals surface area contributed by atoms with Crippen molar-refractivity contribution in [3.05, 3.63) is 30.0 Å². The van der Waals surface area contributed by atoms with E-state index in [1.165, 1.54) is 0 Å². The van der Waals surface area contributed by atoms with E-state index >= 15 is 0 Å². The summed E-state index contributed by atoms with van der Waals surface area (Å²) in [6.07, 6.45) is 8.37. The van der Waals surface area contributed by atoms with Gasteiger partial charge in [0.1, 0.15) is 5.69 Å². The molecule has 2 aromatic heterocycles. The normalized spacial score (nSPS) is 18.4. The molecule has 3 heterocycles. The molecule has 6 heteroatoms. The second-order valence-electron chi connectivity index (χ2n) is 8.02. The number of hydrogen-bond donors (Lipinski definition) is 1. The van der Waals surface area contributed by atoms with Crippen LogP contribution in [0, 0.1) is 18.3 Å². The smallest absolute Gasteiger partial charge is 0.227 e. The van der Waals surface area contributed by atoms with Gasteiger partial charge in [0, 0.05) is 36.6 Å². The van der Waals surface area contributed by atoms with Crippen LogP contribution in [0.5, 0.6) is 0 Å². The highest BCUT2D eigenvalue weighted by atomic mass is 16.2. The van der Waals surface area contributed by atoms with Gasteiger partial charge in [-0.2, -0.15) is 0 Å². The second-order valence-corrected chi connectivity index (χ2v) is 8.02. The molecule has 1 saturated heterocycles. The van der Waals surface area contributed by atoms with Crippen molar-refractivity contribution in [2.45, 2.75) is 47.0 Å². The first-order valence-corrected chi connectivity index (χ1v) is 8.95. The summed E-state index contributed by atoms with van der Waals surface area (Å²) >= 11 is 0. The zero-order valence-electron chi connectivity index (χ0n) is 15.5. The predicted octanol–water partition coefficient (Wildman–Crippen LogP) is 3.00. The number of amides is 1. The summed E-state index contributed by atoms with van der Waals surface area (Å²) in [6, 6.07) is 0. The van der Waals surface area contributed by atoms with E-state index in [0.717, 1.165) is 55.3 Å². The van der Waals surface area contributed by atoms with Crippen molar-refractivity contribution in [1.82, 2.24) is 24.8 Å². The quantitative estimate of drug-likeness (QED) is 0.931. The standard InChI is InChI=1S/C19H27N5O/c1-13-9-21-17(22-13)16-11-20-10-15(23-16)8-14-6-5-7-24(12-14)18(25)19(2,3)4/h9-11,14H,5-8,12H2,1-4H3,(H,21,22). The topological polar surface area (TPSA) is 74.8 Å². The Morgan fingerprint density at radius 1 is 1.32 bits per heavy atom. The largest absolute Gasteiger partial charge is 0.342 e. The van der Waals surface area contributed by atoms with Crippen molar-refractivity contribution in [1.29, 1.82) is 0 Å². The van der Waals surface area contributed by atoms with E-state index < -0.39 is 0 Å². The fourth-order valence-corrected chi connectivity index (χ4v) is 3.35. The Morgan fingerprint density at radius 3 is 2.80 bits per heavy atom. The highest BCUT2D eigenvalue weighted by Gasteiger charge is 2.31. The average Bonchev–Trinajstić information content (AvgIpc) is 3.00. The summed E-state index contributed by atoms with van der Waals surface area (Å²) in [5, 5.41) is 0. The van der Waals surface area contributed by atoms with Crippen LogP contribution in [0.1, 0.15) is 45.0 Å². The summed E-state index contributed by atoms with van der Waals surface area (Å²) in [7, 11) is 0. The summed E-state index contributed by atoms with van der Waals surface area (Å²) in [5.41, 5.74) is 2.41. The Morgan fingerprint density at radius 2 is 2.12 bits per heavy atom. The molecule has 6 nitrogen and oxygen atoms in total. The van der Waals surface area contributed by atoms with Crippen molar-refractivity contribution in [3.63, 3.8) is 0 Å². The van der Waals surface area contributed by atoms with Crippen molar-refractivity contribution in [3.8, 4) is 11.5 Å². The molecule has 1 unspecified atom stereocenters. The van der Waals surface area contributed by atoms with E-state index in [1.807, 2.05) is 38.8 Å². The van der Waals surface area contributed by atoms with Crippen LogP contribution >= 0.6 is 0 Å². The minimum absolute atomic E-state index is 0.239. The highest BCUT2D eigenvalue weighted by molar-refractivity contribution is 5.81. The van der Waals surface area contributed by atoms with E-state index in [4.69, 9.17) is 4.98 Å². The van der Waals surface area contributed by atoms with Crippen LogP contribution < -0.4 is 0 Å². The number of imidazole rings is 1. The minimum Gasteiger partial charge on any atom is -0.342 e. The van der Waals surface area contributed by atoms with Gasteiger partial charge in [-0.05, 0) is 32.1 Å². The van der Waals surface area contributed by atoms with E-state index in [9.17, 15) is 4.79 Å². The number of aromatic nitrogens is 4. The molecule has 3 rings (SSSR count). The molecule has 1 aliphatic heterocycles. The van der Waals surface area contributed by atoms with Gasteiger partial charge < -0.3 is 9.88 Å². The van der Waals surface area contributed by atoms with Gasteiger partial charge >= 0.3 is 0 Å². The van der Waals surface area contributed by atoms with E-state index in [1.54, 1.807) is 12.4 Å².